The van der Waals surface area contributed by atoms with Crippen LogP contribution < -0.4 is 5.32 Å². The van der Waals surface area contributed by atoms with Crippen LogP contribution in [-0.2, 0) is 14.2 Å². The molecular formula is C19H35NO12. The Balaban J connectivity index is 1.69. The van der Waals surface area contributed by atoms with E-state index in [0.29, 0.717) is 0 Å². The number of nitrogens with one attached hydrogen (secondary N) is 1. The fourth-order valence-electron chi connectivity index (χ4n) is 4.58. The smallest absolute Gasteiger partial charge is 0.187 e. The predicted octanol–water partition coefficient (Wildman–Crippen LogP) is -5.63. The Morgan fingerprint density at radius 1 is 0.781 bits per heavy atom. The van der Waals surface area contributed by atoms with Gasteiger partial charge in [0.1, 0.15) is 48.8 Å². The first kappa shape index (κ1) is 26.1. The third-order valence-electron chi connectivity index (χ3n) is 6.80. The molecule has 1 saturated carbocycles. The highest BCUT2D eigenvalue weighted by molar-refractivity contribution is 5.04. The Morgan fingerprint density at radius 2 is 1.41 bits per heavy atom. The van der Waals surface area contributed by atoms with E-state index >= 15 is 0 Å². The van der Waals surface area contributed by atoms with Crippen LogP contribution in [0.25, 0.3) is 0 Å². The lowest BCUT2D eigenvalue weighted by atomic mass is 9.77. The fourth-order valence-corrected chi connectivity index (χ4v) is 4.58. The van der Waals surface area contributed by atoms with Crippen LogP contribution in [0.4, 0.5) is 0 Å². The molecule has 13 nitrogen and oxygen atoms in total. The highest BCUT2D eigenvalue weighted by atomic mass is 16.7. The zero-order chi connectivity index (χ0) is 23.9. The molecule has 0 amide bonds. The highest BCUT2D eigenvalue weighted by Crippen LogP contribution is 2.30. The summed E-state index contributed by atoms with van der Waals surface area (Å²) in [6.45, 7) is 2.30. The zero-order valence-corrected chi connectivity index (χ0v) is 17.8. The standard InChI is InChI=1S/C19H35NO12/c1-5-11(23)10(15(27)16(28)12(5)24)20-9-6(2)31-19(17(29)14(9)26)32-18-8(3-21)30-4-7(22)13(18)25/h5-29H,3-4H2,1-2H3/t5-,6+,7-,8+,9+,10-,11+,12+,13+,14-,15-,16-,17+,18+,19+/m0/s1. The van der Waals surface area contributed by atoms with Gasteiger partial charge in [-0.2, -0.15) is 0 Å². The van der Waals surface area contributed by atoms with E-state index in [4.69, 9.17) is 14.2 Å². The van der Waals surface area contributed by atoms with Crippen LogP contribution in [0.2, 0.25) is 0 Å². The van der Waals surface area contributed by atoms with E-state index in [-0.39, 0.29) is 6.61 Å². The van der Waals surface area contributed by atoms with Crippen LogP contribution in [0.15, 0.2) is 0 Å². The van der Waals surface area contributed by atoms with E-state index < -0.39 is 98.0 Å². The first-order chi connectivity index (χ1) is 15.0. The summed E-state index contributed by atoms with van der Waals surface area (Å²) >= 11 is 0. The van der Waals surface area contributed by atoms with Crippen LogP contribution in [0, 0.1) is 5.92 Å². The highest BCUT2D eigenvalue weighted by Gasteiger charge is 2.52. The maximum Gasteiger partial charge on any atom is 0.187 e. The van der Waals surface area contributed by atoms with Crippen molar-refractivity contribution in [3.8, 4) is 0 Å². The summed E-state index contributed by atoms with van der Waals surface area (Å²) in [6, 6.07) is -2.15. The number of ether oxygens (including phenoxy) is 3. The summed E-state index contributed by atoms with van der Waals surface area (Å²) in [6.07, 6.45) is -16.1. The van der Waals surface area contributed by atoms with Gasteiger partial charge in [-0.1, -0.05) is 6.92 Å². The molecule has 3 aliphatic rings. The SMILES string of the molecule is C[C@@H]1[C@@H](O)[C@H](O)[C@@H](O)[C@@H](N[C@H]2[C@H](O)[C@@H](O)[C@@H](O[C@H]3[C@H](O)[C@@H](O)CO[C@@H]3CO)O[C@@H]2C)[C@@H]1O. The molecule has 3 fully saturated rings. The van der Waals surface area contributed by atoms with Crippen molar-refractivity contribution in [1.82, 2.24) is 5.32 Å². The minimum absolute atomic E-state index is 0.212. The maximum absolute atomic E-state index is 10.7. The van der Waals surface area contributed by atoms with Gasteiger partial charge in [0.15, 0.2) is 6.29 Å². The number of rotatable bonds is 5. The average molecular weight is 469 g/mol. The van der Waals surface area contributed by atoms with E-state index in [1.165, 1.54) is 13.8 Å². The number of hydrogen-bond acceptors (Lipinski definition) is 13. The first-order valence-electron chi connectivity index (χ1n) is 10.7. The van der Waals surface area contributed by atoms with E-state index in [2.05, 4.69) is 5.32 Å². The van der Waals surface area contributed by atoms with E-state index in [9.17, 15) is 46.0 Å². The minimum atomic E-state index is -1.65. The average Bonchev–Trinajstić information content (AvgIpc) is 2.77. The lowest BCUT2D eigenvalue weighted by Crippen LogP contribution is -2.71. The summed E-state index contributed by atoms with van der Waals surface area (Å²) in [7, 11) is 0. The molecule has 0 aromatic heterocycles. The van der Waals surface area contributed by atoms with E-state index in [0.717, 1.165) is 0 Å². The van der Waals surface area contributed by atoms with Gasteiger partial charge >= 0.3 is 0 Å². The van der Waals surface area contributed by atoms with Crippen LogP contribution in [-0.4, -0.2) is 145 Å². The molecule has 32 heavy (non-hydrogen) atoms. The number of aliphatic hydroxyl groups excluding tert-OH is 9. The lowest BCUT2D eigenvalue weighted by Gasteiger charge is -2.49. The molecule has 0 unspecified atom stereocenters. The number of aliphatic hydroxyl groups is 9. The Morgan fingerprint density at radius 3 is 2.03 bits per heavy atom. The fraction of sp³-hybridized carbons (Fsp3) is 1.00. The molecule has 2 saturated heterocycles. The molecule has 0 aromatic carbocycles. The zero-order valence-electron chi connectivity index (χ0n) is 17.8. The van der Waals surface area contributed by atoms with Crippen molar-refractivity contribution < 1.29 is 60.2 Å². The van der Waals surface area contributed by atoms with Crippen molar-refractivity contribution in [3.05, 3.63) is 0 Å². The molecular weight excluding hydrogens is 434 g/mol. The van der Waals surface area contributed by atoms with E-state index in [1.807, 2.05) is 0 Å². The number of hydrogen-bond donors (Lipinski definition) is 10. The van der Waals surface area contributed by atoms with Crippen molar-refractivity contribution in [2.24, 2.45) is 5.92 Å². The van der Waals surface area contributed by atoms with Gasteiger partial charge in [0.2, 0.25) is 0 Å². The summed E-state index contributed by atoms with van der Waals surface area (Å²) in [5.41, 5.74) is 0. The predicted molar refractivity (Wildman–Crippen MR) is 104 cm³/mol. The quantitative estimate of drug-likeness (QED) is 0.182. The topological polar surface area (TPSA) is 222 Å². The molecule has 0 radical (unpaired) electrons. The molecule has 2 heterocycles. The summed E-state index contributed by atoms with van der Waals surface area (Å²) in [5.74, 6) is -0.779. The van der Waals surface area contributed by atoms with Crippen molar-refractivity contribution in [1.29, 1.82) is 0 Å². The van der Waals surface area contributed by atoms with Crippen molar-refractivity contribution in [2.75, 3.05) is 13.2 Å². The lowest BCUT2D eigenvalue weighted by molar-refractivity contribution is -0.321. The van der Waals surface area contributed by atoms with Crippen LogP contribution in [0.5, 0.6) is 0 Å². The molecule has 15 atom stereocenters. The molecule has 188 valence electrons. The Kier molecular flexibility index (Phi) is 8.48. The third kappa shape index (κ3) is 4.81. The second-order valence-electron chi connectivity index (χ2n) is 8.94. The van der Waals surface area contributed by atoms with Crippen LogP contribution >= 0.6 is 0 Å². The Labute approximate surface area is 184 Å². The van der Waals surface area contributed by atoms with Crippen molar-refractivity contribution in [2.45, 2.75) is 99.4 Å². The summed E-state index contributed by atoms with van der Waals surface area (Å²) in [4.78, 5) is 0. The monoisotopic (exact) mass is 469 g/mol. The van der Waals surface area contributed by atoms with Crippen LogP contribution in [0.1, 0.15) is 13.8 Å². The van der Waals surface area contributed by atoms with E-state index in [1.54, 1.807) is 0 Å². The van der Waals surface area contributed by atoms with Gasteiger partial charge < -0.3 is 65.5 Å². The molecule has 3 rings (SSSR count). The minimum Gasteiger partial charge on any atom is -0.394 e. The van der Waals surface area contributed by atoms with Gasteiger partial charge in [0.25, 0.3) is 0 Å². The molecule has 0 aromatic rings. The van der Waals surface area contributed by atoms with Gasteiger partial charge in [-0.3, -0.25) is 0 Å². The Hall–Kier alpha value is -0.520. The largest absolute Gasteiger partial charge is 0.394 e. The summed E-state index contributed by atoms with van der Waals surface area (Å²) < 4.78 is 16.5. The third-order valence-corrected chi connectivity index (χ3v) is 6.80. The molecule has 2 aliphatic heterocycles. The van der Waals surface area contributed by atoms with Crippen LogP contribution in [0.3, 0.4) is 0 Å². The molecule has 0 spiro atoms. The van der Waals surface area contributed by atoms with Gasteiger partial charge in [0.05, 0.1) is 43.6 Å². The van der Waals surface area contributed by atoms with Gasteiger partial charge in [-0.25, -0.2) is 0 Å². The normalized spacial score (nSPS) is 55.0. The maximum atomic E-state index is 10.7. The second-order valence-corrected chi connectivity index (χ2v) is 8.94. The summed E-state index contributed by atoms with van der Waals surface area (Å²) in [5, 5.41) is 94.3. The molecule has 13 heteroatoms. The molecule has 1 aliphatic carbocycles. The van der Waals surface area contributed by atoms with Gasteiger partial charge in [-0.05, 0) is 6.92 Å². The Bertz CT molecular complexity index is 597. The first-order valence-corrected chi connectivity index (χ1v) is 10.7. The second kappa shape index (κ2) is 10.4. The van der Waals surface area contributed by atoms with Crippen molar-refractivity contribution in [3.63, 3.8) is 0 Å². The van der Waals surface area contributed by atoms with Gasteiger partial charge in [0, 0.05) is 5.92 Å². The van der Waals surface area contributed by atoms with Gasteiger partial charge in [-0.15, -0.1) is 0 Å². The molecule has 0 bridgehead atoms. The van der Waals surface area contributed by atoms with Crippen molar-refractivity contribution >= 4 is 0 Å². The molecule has 10 N–H and O–H groups in total.